The van der Waals surface area contributed by atoms with Gasteiger partial charge in [-0.25, -0.2) is 9.97 Å². The van der Waals surface area contributed by atoms with E-state index in [9.17, 15) is 18.0 Å². The topological polar surface area (TPSA) is 101 Å². The minimum absolute atomic E-state index is 0.0382. The van der Waals surface area contributed by atoms with Gasteiger partial charge in [-0.05, 0) is 48.9 Å². The molecule has 7 nitrogen and oxygen atoms in total. The lowest BCUT2D eigenvalue weighted by molar-refractivity contribution is -0.141. The Kier molecular flexibility index (Phi) is 5.71. The molecule has 0 bridgehead atoms. The quantitative estimate of drug-likeness (QED) is 0.641. The van der Waals surface area contributed by atoms with Crippen LogP contribution in [0.15, 0.2) is 42.6 Å². The number of anilines is 2. The van der Waals surface area contributed by atoms with E-state index >= 15 is 0 Å². The van der Waals surface area contributed by atoms with Crippen LogP contribution in [0.25, 0.3) is 11.3 Å². The molecule has 2 heterocycles. The number of nitrogens with one attached hydrogen (secondary N) is 1. The van der Waals surface area contributed by atoms with E-state index in [2.05, 4.69) is 25.5 Å². The second kappa shape index (κ2) is 8.21. The lowest BCUT2D eigenvalue weighted by atomic mass is 10.1. The van der Waals surface area contributed by atoms with Crippen molar-refractivity contribution in [3.8, 4) is 11.3 Å². The Balaban J connectivity index is 1.82. The minimum atomic E-state index is -4.56. The van der Waals surface area contributed by atoms with Crippen molar-refractivity contribution in [2.24, 2.45) is 0 Å². The third-order valence-electron chi connectivity index (χ3n) is 3.89. The SMILES string of the molecule is Cc1cc(Nc2nccc(C(F)(F)F)n2)cc(-c2ccc(CCC(=O)O)nn2)c1. The fraction of sp³-hybridized carbons (Fsp3) is 0.211. The third kappa shape index (κ3) is 5.47. The van der Waals surface area contributed by atoms with E-state index < -0.39 is 17.8 Å². The van der Waals surface area contributed by atoms with Crippen molar-refractivity contribution in [1.82, 2.24) is 20.2 Å². The molecule has 0 aliphatic heterocycles. The fourth-order valence-corrected chi connectivity index (χ4v) is 2.59. The van der Waals surface area contributed by atoms with Gasteiger partial charge in [-0.3, -0.25) is 4.79 Å². The number of carboxylic acid groups (broad SMARTS) is 1. The number of carboxylic acids is 1. The van der Waals surface area contributed by atoms with Crippen LogP contribution >= 0.6 is 0 Å². The molecule has 3 aromatic rings. The molecule has 0 atom stereocenters. The first-order valence-electron chi connectivity index (χ1n) is 8.54. The molecule has 0 spiro atoms. The first-order chi connectivity index (χ1) is 13.7. The Morgan fingerprint density at radius 2 is 1.93 bits per heavy atom. The Bertz CT molecular complexity index is 1020. The van der Waals surface area contributed by atoms with Crippen LogP contribution in [-0.2, 0) is 17.4 Å². The van der Waals surface area contributed by atoms with Gasteiger partial charge in [0.2, 0.25) is 5.95 Å². The number of rotatable bonds is 6. The van der Waals surface area contributed by atoms with E-state index in [4.69, 9.17) is 5.11 Å². The van der Waals surface area contributed by atoms with Crippen LogP contribution in [0.4, 0.5) is 24.8 Å². The summed E-state index contributed by atoms with van der Waals surface area (Å²) in [5.74, 6) is -1.09. The molecule has 150 valence electrons. The number of halogens is 3. The average molecular weight is 403 g/mol. The molecule has 2 aromatic heterocycles. The summed E-state index contributed by atoms with van der Waals surface area (Å²) in [5, 5.41) is 19.6. The number of nitrogens with zero attached hydrogens (tertiary/aromatic N) is 4. The van der Waals surface area contributed by atoms with Crippen LogP contribution in [0.1, 0.15) is 23.4 Å². The Labute approximate surface area is 163 Å². The van der Waals surface area contributed by atoms with Gasteiger partial charge in [-0.15, -0.1) is 0 Å². The van der Waals surface area contributed by atoms with Gasteiger partial charge >= 0.3 is 12.1 Å². The summed E-state index contributed by atoms with van der Waals surface area (Å²) >= 11 is 0. The largest absolute Gasteiger partial charge is 0.481 e. The molecule has 0 fully saturated rings. The second-order valence-electron chi connectivity index (χ2n) is 6.28. The van der Waals surface area contributed by atoms with Crippen LogP contribution in [0, 0.1) is 6.92 Å². The molecule has 0 unspecified atom stereocenters. The molecule has 29 heavy (non-hydrogen) atoms. The zero-order valence-corrected chi connectivity index (χ0v) is 15.2. The first-order valence-corrected chi connectivity index (χ1v) is 8.54. The van der Waals surface area contributed by atoms with Crippen LogP contribution in [0.2, 0.25) is 0 Å². The van der Waals surface area contributed by atoms with E-state index in [1.165, 1.54) is 0 Å². The Hall–Kier alpha value is -3.56. The maximum atomic E-state index is 12.8. The van der Waals surface area contributed by atoms with Gasteiger partial charge in [0.25, 0.3) is 0 Å². The van der Waals surface area contributed by atoms with Crippen molar-refractivity contribution >= 4 is 17.6 Å². The molecular weight excluding hydrogens is 387 g/mol. The molecule has 0 amide bonds. The zero-order valence-electron chi connectivity index (χ0n) is 15.2. The van der Waals surface area contributed by atoms with Crippen molar-refractivity contribution in [3.63, 3.8) is 0 Å². The standard InChI is InChI=1S/C19H16F3N5O2/c1-11-8-12(15-4-2-13(26-27-15)3-5-17(28)29)10-14(9-11)24-18-23-7-6-16(25-18)19(20,21)22/h2,4,6-10H,3,5H2,1H3,(H,28,29)(H,23,24,25). The molecule has 1 aromatic carbocycles. The number of aryl methyl sites for hydroxylation is 2. The van der Waals surface area contributed by atoms with E-state index in [1.54, 1.807) is 24.3 Å². The highest BCUT2D eigenvalue weighted by molar-refractivity contribution is 5.69. The smallest absolute Gasteiger partial charge is 0.433 e. The van der Waals surface area contributed by atoms with Crippen molar-refractivity contribution in [2.75, 3.05) is 5.32 Å². The molecule has 2 N–H and O–H groups in total. The Morgan fingerprint density at radius 3 is 2.59 bits per heavy atom. The normalized spacial score (nSPS) is 11.3. The molecule has 0 aliphatic rings. The highest BCUT2D eigenvalue weighted by atomic mass is 19.4. The average Bonchev–Trinajstić information content (AvgIpc) is 2.66. The van der Waals surface area contributed by atoms with Gasteiger partial charge in [0, 0.05) is 23.9 Å². The van der Waals surface area contributed by atoms with Gasteiger partial charge in [-0.2, -0.15) is 23.4 Å². The molecule has 10 heteroatoms. The van der Waals surface area contributed by atoms with Gasteiger partial charge in [-0.1, -0.05) is 0 Å². The van der Waals surface area contributed by atoms with Crippen LogP contribution < -0.4 is 5.32 Å². The van der Waals surface area contributed by atoms with Gasteiger partial charge < -0.3 is 10.4 Å². The van der Waals surface area contributed by atoms with Gasteiger partial charge in [0.15, 0.2) is 0 Å². The zero-order chi connectivity index (χ0) is 21.0. The Morgan fingerprint density at radius 1 is 1.14 bits per heavy atom. The summed E-state index contributed by atoms with van der Waals surface area (Å²) in [4.78, 5) is 18.0. The number of aliphatic carboxylic acids is 1. The number of hydrogen-bond donors (Lipinski definition) is 2. The van der Waals surface area contributed by atoms with Crippen molar-refractivity contribution in [2.45, 2.75) is 25.9 Å². The number of alkyl halides is 3. The summed E-state index contributed by atoms with van der Waals surface area (Å²) in [6.07, 6.45) is -3.29. The van der Waals surface area contributed by atoms with Crippen molar-refractivity contribution in [3.05, 3.63) is 59.5 Å². The maximum absolute atomic E-state index is 12.8. The predicted molar refractivity (Wildman–Crippen MR) is 98.5 cm³/mol. The van der Waals surface area contributed by atoms with Crippen LogP contribution in [0.3, 0.4) is 0 Å². The van der Waals surface area contributed by atoms with Crippen molar-refractivity contribution in [1.29, 1.82) is 0 Å². The number of benzene rings is 1. The van der Waals surface area contributed by atoms with Gasteiger partial charge in [0.1, 0.15) is 5.69 Å². The number of hydrogen-bond acceptors (Lipinski definition) is 6. The third-order valence-corrected chi connectivity index (χ3v) is 3.89. The van der Waals surface area contributed by atoms with Crippen molar-refractivity contribution < 1.29 is 23.1 Å². The summed E-state index contributed by atoms with van der Waals surface area (Å²) < 4.78 is 38.5. The molecular formula is C19H16F3N5O2. The molecule has 3 rings (SSSR count). The maximum Gasteiger partial charge on any atom is 0.433 e. The lowest BCUT2D eigenvalue weighted by Gasteiger charge is -2.11. The minimum Gasteiger partial charge on any atom is -0.481 e. The summed E-state index contributed by atoms with van der Waals surface area (Å²) in [5.41, 5.74) is 2.09. The van der Waals surface area contributed by atoms with E-state index in [1.807, 2.05) is 13.0 Å². The number of carbonyl (C=O) groups is 1. The second-order valence-corrected chi connectivity index (χ2v) is 6.28. The molecule has 0 saturated heterocycles. The van der Waals surface area contributed by atoms with E-state index in [-0.39, 0.29) is 18.8 Å². The first kappa shape index (κ1) is 20.2. The highest BCUT2D eigenvalue weighted by Gasteiger charge is 2.32. The van der Waals surface area contributed by atoms with E-state index in [0.29, 0.717) is 22.6 Å². The predicted octanol–water partition coefficient (Wildman–Crippen LogP) is 4.02. The summed E-state index contributed by atoms with van der Waals surface area (Å²) in [6, 6.07) is 9.48. The number of aromatic nitrogens is 4. The fourth-order valence-electron chi connectivity index (χ4n) is 2.59. The molecule has 0 saturated carbocycles. The van der Waals surface area contributed by atoms with Crippen LogP contribution in [-0.4, -0.2) is 31.2 Å². The monoisotopic (exact) mass is 403 g/mol. The van der Waals surface area contributed by atoms with E-state index in [0.717, 1.165) is 17.8 Å². The molecule has 0 radical (unpaired) electrons. The summed E-state index contributed by atoms with van der Waals surface area (Å²) in [7, 11) is 0. The summed E-state index contributed by atoms with van der Waals surface area (Å²) in [6.45, 7) is 1.83. The lowest BCUT2D eigenvalue weighted by Crippen LogP contribution is -2.10. The molecule has 0 aliphatic carbocycles. The highest BCUT2D eigenvalue weighted by Crippen LogP contribution is 2.29. The van der Waals surface area contributed by atoms with Crippen LogP contribution in [0.5, 0.6) is 0 Å². The van der Waals surface area contributed by atoms with Gasteiger partial charge in [0.05, 0.1) is 17.8 Å².